The molecule has 0 bridgehead atoms. The van der Waals surface area contributed by atoms with E-state index in [9.17, 15) is 0 Å². The summed E-state index contributed by atoms with van der Waals surface area (Å²) in [5.74, 6) is 0. The third-order valence-electron chi connectivity index (χ3n) is 2.15. The fraction of sp³-hybridized carbons (Fsp3) is 0.200. The first-order valence-corrected chi connectivity index (χ1v) is 5.63. The second-order valence-corrected chi connectivity index (χ2v) is 3.76. The summed E-state index contributed by atoms with van der Waals surface area (Å²) in [5, 5.41) is 16.0. The lowest BCUT2D eigenvalue weighted by atomic mass is 10.1. The third kappa shape index (κ3) is 5.29. The van der Waals surface area contributed by atoms with E-state index in [1.807, 2.05) is 12.1 Å². The Morgan fingerprint density at radius 3 is 1.35 bits per heavy atom. The highest BCUT2D eigenvalue weighted by atomic mass is 16.3. The second kappa shape index (κ2) is 7.60. The van der Waals surface area contributed by atoms with Gasteiger partial charge in [-0.1, -0.05) is 60.7 Å². The maximum absolute atomic E-state index is 8.11. The Morgan fingerprint density at radius 1 is 0.824 bits per heavy atom. The van der Waals surface area contributed by atoms with Crippen molar-refractivity contribution < 1.29 is 10.2 Å². The van der Waals surface area contributed by atoms with Gasteiger partial charge in [0.05, 0.1) is 12.7 Å². The van der Waals surface area contributed by atoms with Crippen molar-refractivity contribution >= 4 is 0 Å². The van der Waals surface area contributed by atoms with E-state index in [0.29, 0.717) is 0 Å². The second-order valence-electron chi connectivity index (χ2n) is 3.76. The van der Waals surface area contributed by atoms with E-state index < -0.39 is 6.10 Å². The molecule has 17 heavy (non-hydrogen) atoms. The van der Waals surface area contributed by atoms with Gasteiger partial charge < -0.3 is 10.2 Å². The Kier molecular flexibility index (Phi) is 6.00. The van der Waals surface area contributed by atoms with Crippen molar-refractivity contribution in [3.05, 3.63) is 60.7 Å². The average Bonchev–Trinajstić information content (AvgIpc) is 2.41. The Morgan fingerprint density at radius 2 is 1.12 bits per heavy atom. The molecule has 0 aliphatic heterocycles. The normalized spacial score (nSPS) is 11.2. The van der Waals surface area contributed by atoms with Crippen molar-refractivity contribution in [3.8, 4) is 11.1 Å². The summed E-state index contributed by atoms with van der Waals surface area (Å²) in [6, 6.07) is 20.8. The summed E-state index contributed by atoms with van der Waals surface area (Å²) in [4.78, 5) is 0. The smallest absolute Gasteiger partial charge is 0.0742 e. The van der Waals surface area contributed by atoms with Crippen molar-refractivity contribution in [1.29, 1.82) is 0 Å². The molecule has 0 saturated heterocycles. The molecular formula is C15H18O2. The third-order valence-corrected chi connectivity index (χ3v) is 2.15. The topological polar surface area (TPSA) is 40.5 Å². The number of hydrogen-bond donors (Lipinski definition) is 2. The molecule has 0 fully saturated rings. The molecule has 0 amide bonds. The molecule has 1 atom stereocenters. The predicted octanol–water partition coefficient (Wildman–Crippen LogP) is 2.71. The largest absolute Gasteiger partial charge is 0.394 e. The van der Waals surface area contributed by atoms with E-state index >= 15 is 0 Å². The van der Waals surface area contributed by atoms with Crippen LogP contribution in [0.5, 0.6) is 0 Å². The molecule has 2 aromatic rings. The van der Waals surface area contributed by atoms with Crippen LogP contribution in [0.1, 0.15) is 6.92 Å². The molecule has 0 aliphatic carbocycles. The number of hydrogen-bond acceptors (Lipinski definition) is 2. The van der Waals surface area contributed by atoms with Gasteiger partial charge in [0.1, 0.15) is 0 Å². The predicted molar refractivity (Wildman–Crippen MR) is 70.6 cm³/mol. The maximum Gasteiger partial charge on any atom is 0.0742 e. The van der Waals surface area contributed by atoms with Crippen molar-refractivity contribution in [3.63, 3.8) is 0 Å². The zero-order valence-corrected chi connectivity index (χ0v) is 9.95. The van der Waals surface area contributed by atoms with Crippen molar-refractivity contribution in [2.24, 2.45) is 0 Å². The lowest BCUT2D eigenvalue weighted by Crippen LogP contribution is -2.03. The van der Waals surface area contributed by atoms with Gasteiger partial charge in [-0.15, -0.1) is 0 Å². The average molecular weight is 230 g/mol. The van der Waals surface area contributed by atoms with Crippen molar-refractivity contribution in [2.75, 3.05) is 6.61 Å². The van der Waals surface area contributed by atoms with Crippen LogP contribution < -0.4 is 0 Å². The molecule has 2 heteroatoms. The van der Waals surface area contributed by atoms with Crippen LogP contribution in [0.4, 0.5) is 0 Å². The van der Waals surface area contributed by atoms with Gasteiger partial charge >= 0.3 is 0 Å². The van der Waals surface area contributed by atoms with Crippen LogP contribution in [-0.2, 0) is 0 Å². The monoisotopic (exact) mass is 230 g/mol. The number of aliphatic hydroxyl groups excluding tert-OH is 2. The Bertz CT molecular complexity index is 358. The lowest BCUT2D eigenvalue weighted by molar-refractivity contribution is 0.110. The minimum atomic E-state index is -0.560. The minimum Gasteiger partial charge on any atom is -0.394 e. The van der Waals surface area contributed by atoms with Crippen LogP contribution in [0.25, 0.3) is 11.1 Å². The van der Waals surface area contributed by atoms with Gasteiger partial charge in [0, 0.05) is 0 Å². The molecule has 0 saturated carbocycles. The zero-order valence-electron chi connectivity index (χ0n) is 9.95. The molecule has 2 nitrogen and oxygen atoms in total. The molecular weight excluding hydrogens is 212 g/mol. The van der Waals surface area contributed by atoms with Gasteiger partial charge in [-0.2, -0.15) is 0 Å². The summed E-state index contributed by atoms with van der Waals surface area (Å²) >= 11 is 0. The van der Waals surface area contributed by atoms with E-state index in [1.54, 1.807) is 0 Å². The minimum absolute atomic E-state index is 0.139. The van der Waals surface area contributed by atoms with Gasteiger partial charge in [0.15, 0.2) is 0 Å². The molecule has 0 aromatic heterocycles. The van der Waals surface area contributed by atoms with Gasteiger partial charge in [-0.05, 0) is 18.1 Å². The Balaban J connectivity index is 0.000000249. The number of rotatable bonds is 2. The van der Waals surface area contributed by atoms with Crippen LogP contribution >= 0.6 is 0 Å². The van der Waals surface area contributed by atoms with E-state index in [0.717, 1.165) is 0 Å². The van der Waals surface area contributed by atoms with Gasteiger partial charge in [0.2, 0.25) is 0 Å². The summed E-state index contributed by atoms with van der Waals surface area (Å²) in [5.41, 5.74) is 2.55. The van der Waals surface area contributed by atoms with Crippen molar-refractivity contribution in [1.82, 2.24) is 0 Å². The van der Waals surface area contributed by atoms with E-state index in [2.05, 4.69) is 48.5 Å². The Labute approximate surface area is 102 Å². The molecule has 2 rings (SSSR count). The first-order chi connectivity index (χ1) is 8.24. The number of benzene rings is 2. The lowest BCUT2D eigenvalue weighted by Gasteiger charge is -1.98. The molecule has 0 heterocycles. The molecule has 2 N–H and O–H groups in total. The quantitative estimate of drug-likeness (QED) is 0.832. The van der Waals surface area contributed by atoms with Crippen LogP contribution in [0, 0.1) is 0 Å². The Hall–Kier alpha value is -1.64. The van der Waals surface area contributed by atoms with E-state index in [-0.39, 0.29) is 6.61 Å². The highest BCUT2D eigenvalue weighted by Crippen LogP contribution is 2.17. The molecule has 0 radical (unpaired) electrons. The van der Waals surface area contributed by atoms with Gasteiger partial charge in [-0.3, -0.25) is 0 Å². The maximum atomic E-state index is 8.11. The fourth-order valence-electron chi connectivity index (χ4n) is 1.26. The highest BCUT2D eigenvalue weighted by Gasteiger charge is 1.91. The van der Waals surface area contributed by atoms with Crippen LogP contribution in [0.15, 0.2) is 60.7 Å². The first-order valence-electron chi connectivity index (χ1n) is 5.63. The molecule has 0 aliphatic rings. The van der Waals surface area contributed by atoms with Crippen LogP contribution in [0.2, 0.25) is 0 Å². The summed E-state index contributed by atoms with van der Waals surface area (Å²) in [7, 11) is 0. The number of aliphatic hydroxyl groups is 2. The SMILES string of the molecule is CC(O)CO.c1ccc(-c2ccccc2)cc1. The summed E-state index contributed by atoms with van der Waals surface area (Å²) in [6.45, 7) is 1.39. The molecule has 0 spiro atoms. The summed E-state index contributed by atoms with van der Waals surface area (Å²) in [6.07, 6.45) is -0.560. The summed E-state index contributed by atoms with van der Waals surface area (Å²) < 4.78 is 0. The van der Waals surface area contributed by atoms with Crippen molar-refractivity contribution in [2.45, 2.75) is 13.0 Å². The van der Waals surface area contributed by atoms with E-state index in [1.165, 1.54) is 18.1 Å². The van der Waals surface area contributed by atoms with Gasteiger partial charge in [0.25, 0.3) is 0 Å². The van der Waals surface area contributed by atoms with Gasteiger partial charge in [-0.25, -0.2) is 0 Å². The highest BCUT2D eigenvalue weighted by molar-refractivity contribution is 5.62. The molecule has 1 unspecified atom stereocenters. The molecule has 2 aromatic carbocycles. The first kappa shape index (κ1) is 13.4. The molecule has 90 valence electrons. The van der Waals surface area contributed by atoms with Crippen LogP contribution in [-0.4, -0.2) is 22.9 Å². The standard InChI is InChI=1S/C12H10.C3H8O2/c1-3-7-11(8-4-1)12-9-5-2-6-10-12;1-3(5)2-4/h1-10H;3-5H,2H2,1H3. The fourth-order valence-corrected chi connectivity index (χ4v) is 1.26. The zero-order chi connectivity index (χ0) is 12.5. The van der Waals surface area contributed by atoms with E-state index in [4.69, 9.17) is 10.2 Å². The van der Waals surface area contributed by atoms with Crippen LogP contribution in [0.3, 0.4) is 0 Å².